The predicted molar refractivity (Wildman–Crippen MR) is 217 cm³/mol. The van der Waals surface area contributed by atoms with Crippen molar-refractivity contribution in [2.45, 2.75) is 160 Å². The van der Waals surface area contributed by atoms with Gasteiger partial charge in [-0.25, -0.2) is 0 Å². The summed E-state index contributed by atoms with van der Waals surface area (Å²) in [4.78, 5) is 53.0. The van der Waals surface area contributed by atoms with Crippen LogP contribution < -0.4 is 16.0 Å². The molecule has 2 bridgehead atoms. The van der Waals surface area contributed by atoms with Gasteiger partial charge in [0.2, 0.25) is 17.7 Å². The van der Waals surface area contributed by atoms with E-state index in [2.05, 4.69) is 55.7 Å². The highest BCUT2D eigenvalue weighted by Crippen LogP contribution is 2.61. The van der Waals surface area contributed by atoms with E-state index in [9.17, 15) is 24.6 Å². The smallest absolute Gasteiger partial charge is 0.244 e. The zero-order valence-corrected chi connectivity index (χ0v) is 36.0. The average Bonchev–Trinajstić information content (AvgIpc) is 3.84. The molecular weight excluding hydrogens is 725 g/mol. The maximum Gasteiger partial charge on any atom is 0.244 e. The molecule has 324 valence electrons. The number of hydrogen-bond donors (Lipinski definition) is 5. The summed E-state index contributed by atoms with van der Waals surface area (Å²) in [5.41, 5.74) is 0.303. The molecule has 0 aromatic rings. The number of nitrogens with one attached hydrogen (secondary N) is 3. The second-order valence-electron chi connectivity index (χ2n) is 20.3. The number of rotatable bonds is 12. The van der Waals surface area contributed by atoms with Gasteiger partial charge < -0.3 is 35.4 Å². The first-order valence-corrected chi connectivity index (χ1v) is 22.8. The van der Waals surface area contributed by atoms with Crippen molar-refractivity contribution in [3.63, 3.8) is 0 Å². The van der Waals surface area contributed by atoms with Gasteiger partial charge in [-0.1, -0.05) is 27.2 Å². The Balaban J connectivity index is 1.05. The molecule has 0 spiro atoms. The zero-order valence-electron chi connectivity index (χ0n) is 36.0. The number of nitrogens with zero attached hydrogens (tertiary/aromatic N) is 3. The third kappa shape index (κ3) is 8.69. The Morgan fingerprint density at radius 3 is 2.42 bits per heavy atom. The molecule has 7 unspecified atom stereocenters. The maximum absolute atomic E-state index is 14.5. The van der Waals surface area contributed by atoms with Crippen molar-refractivity contribution in [3.8, 4) is 0 Å². The standard InChI is InChI=1S/C44H76N6O7/c1-25-33-21-30(44(33,3)4)22-34(25)46-42(54)39-38(26(2)52)36(24-51)57-50(39)23-27-12-10-13-32(40(27)56-7)28-18-29(20-31(19-28)48(5)6)43(55)49-17-11-14-35(49)41(53)47-37-15-8-9-16-45-37/h25-40,45,51-52H,8-24H2,1-7H3,(H,46,54)(H,47,53)/t25-,26-,27?,28?,29?,30+,31?,32?,33-,34-,35-,36-,37?,38+,39-,40?/m0/s1. The van der Waals surface area contributed by atoms with Gasteiger partial charge in [-0.05, 0) is 140 Å². The summed E-state index contributed by atoms with van der Waals surface area (Å²) >= 11 is 0. The Labute approximate surface area is 342 Å². The molecule has 3 aliphatic heterocycles. The molecule has 5 aliphatic carbocycles. The van der Waals surface area contributed by atoms with Crippen LogP contribution >= 0.6 is 0 Å². The molecule has 57 heavy (non-hydrogen) atoms. The fourth-order valence-electron chi connectivity index (χ4n) is 13.2. The van der Waals surface area contributed by atoms with Gasteiger partial charge in [0.25, 0.3) is 0 Å². The SMILES string of the molecule is COC1C(CN2O[C@@H](CO)[C@@H]([C@H](C)O)[C@H]2C(=O)N[C@H]2C[C@H]3C[C@@H]([C@@H]2C)C3(C)C)CCCC1C1CC(C(=O)N2CCC[C@H]2C(=O)NC2CCCCN2)CC(N(C)C)C1. The zero-order chi connectivity index (χ0) is 40.8. The monoisotopic (exact) mass is 801 g/mol. The second kappa shape index (κ2) is 18.0. The number of aliphatic hydroxyl groups is 2. The molecule has 5 saturated carbocycles. The maximum atomic E-state index is 14.5. The van der Waals surface area contributed by atoms with Crippen molar-refractivity contribution in [1.29, 1.82) is 0 Å². The molecule has 16 atom stereocenters. The Morgan fingerprint density at radius 1 is 0.982 bits per heavy atom. The molecule has 8 aliphatic rings. The molecule has 8 fully saturated rings. The number of ether oxygens (including phenoxy) is 1. The lowest BCUT2D eigenvalue weighted by molar-refractivity contribution is -0.193. The number of piperidine rings is 1. The van der Waals surface area contributed by atoms with Crippen LogP contribution in [0.4, 0.5) is 0 Å². The highest BCUT2D eigenvalue weighted by molar-refractivity contribution is 5.89. The fraction of sp³-hybridized carbons (Fsp3) is 0.932. The van der Waals surface area contributed by atoms with E-state index < -0.39 is 30.2 Å². The normalized spacial score (nSPS) is 42.7. The molecule has 13 nitrogen and oxygen atoms in total. The summed E-state index contributed by atoms with van der Waals surface area (Å²) in [5, 5.41) is 33.3. The number of amides is 3. The van der Waals surface area contributed by atoms with Gasteiger partial charge in [-0.2, -0.15) is 5.06 Å². The minimum absolute atomic E-state index is 0.0204. The number of likely N-dealkylation sites (tertiary alicyclic amines) is 1. The third-order valence-corrected chi connectivity index (χ3v) is 16.6. The summed E-state index contributed by atoms with van der Waals surface area (Å²) in [5.74, 6) is 1.31. The Hall–Kier alpha value is -1.87. The average molecular weight is 801 g/mol. The van der Waals surface area contributed by atoms with Gasteiger partial charge in [-0.15, -0.1) is 0 Å². The molecule has 0 radical (unpaired) electrons. The summed E-state index contributed by atoms with van der Waals surface area (Å²) < 4.78 is 6.44. The highest BCUT2D eigenvalue weighted by atomic mass is 16.7. The molecular formula is C44H76N6O7. The van der Waals surface area contributed by atoms with Gasteiger partial charge >= 0.3 is 0 Å². The molecule has 8 rings (SSSR count). The van der Waals surface area contributed by atoms with Crippen LogP contribution in [-0.4, -0.2) is 139 Å². The molecule has 0 aromatic heterocycles. The number of carbonyl (C=O) groups is 3. The van der Waals surface area contributed by atoms with Crippen molar-refractivity contribution in [1.82, 2.24) is 30.8 Å². The predicted octanol–water partition coefficient (Wildman–Crippen LogP) is 3.13. The van der Waals surface area contributed by atoms with Gasteiger partial charge in [0.05, 0.1) is 25.0 Å². The molecule has 3 amide bonds. The van der Waals surface area contributed by atoms with E-state index >= 15 is 0 Å². The van der Waals surface area contributed by atoms with Crippen LogP contribution in [0.5, 0.6) is 0 Å². The summed E-state index contributed by atoms with van der Waals surface area (Å²) in [6.07, 6.45) is 10.7. The molecule has 3 saturated heterocycles. The Kier molecular flexibility index (Phi) is 13.7. The van der Waals surface area contributed by atoms with Crippen LogP contribution in [-0.2, 0) is 24.0 Å². The number of aliphatic hydroxyl groups excluding tert-OH is 2. The number of hydrogen-bond acceptors (Lipinski definition) is 10. The summed E-state index contributed by atoms with van der Waals surface area (Å²) in [6.45, 7) is 10.4. The van der Waals surface area contributed by atoms with Gasteiger partial charge in [0.15, 0.2) is 0 Å². The first kappa shape index (κ1) is 43.2. The Morgan fingerprint density at radius 2 is 1.77 bits per heavy atom. The number of methoxy groups -OCH3 is 1. The first-order valence-electron chi connectivity index (χ1n) is 22.8. The quantitative estimate of drug-likeness (QED) is 0.199. The van der Waals surface area contributed by atoms with Crippen LogP contribution in [0.25, 0.3) is 0 Å². The van der Waals surface area contributed by atoms with Crippen molar-refractivity contribution < 1.29 is 34.2 Å². The number of carbonyl (C=O) groups excluding carboxylic acids is 3. The fourth-order valence-corrected chi connectivity index (χ4v) is 13.2. The van der Waals surface area contributed by atoms with Crippen LogP contribution in [0.3, 0.4) is 0 Å². The number of hydroxylamine groups is 2. The Bertz CT molecular complexity index is 1410. The van der Waals surface area contributed by atoms with E-state index in [1.54, 1.807) is 19.1 Å². The lowest BCUT2D eigenvalue weighted by atomic mass is 9.45. The minimum Gasteiger partial charge on any atom is -0.394 e. The molecule has 3 heterocycles. The number of fused-ring (bicyclic) bond motifs is 2. The topological polar surface area (TPSA) is 156 Å². The first-order chi connectivity index (χ1) is 27.2. The van der Waals surface area contributed by atoms with E-state index in [-0.39, 0.29) is 72.4 Å². The third-order valence-electron chi connectivity index (χ3n) is 16.6. The van der Waals surface area contributed by atoms with Crippen LogP contribution in [0.15, 0.2) is 0 Å². The van der Waals surface area contributed by atoms with E-state index in [0.717, 1.165) is 77.2 Å². The lowest BCUT2D eigenvalue weighted by Crippen LogP contribution is -2.62. The van der Waals surface area contributed by atoms with E-state index in [0.29, 0.717) is 42.7 Å². The van der Waals surface area contributed by atoms with Gasteiger partial charge in [0, 0.05) is 50.0 Å². The van der Waals surface area contributed by atoms with E-state index in [1.807, 2.05) is 4.90 Å². The lowest BCUT2D eigenvalue weighted by Gasteiger charge is -2.62. The van der Waals surface area contributed by atoms with E-state index in [4.69, 9.17) is 9.57 Å². The molecule has 0 aromatic carbocycles. The molecule has 5 N–H and O–H groups in total. The van der Waals surface area contributed by atoms with Crippen molar-refractivity contribution in [3.05, 3.63) is 0 Å². The second-order valence-corrected chi connectivity index (χ2v) is 20.3. The van der Waals surface area contributed by atoms with E-state index in [1.165, 1.54) is 6.42 Å². The minimum atomic E-state index is -0.846. The van der Waals surface area contributed by atoms with Crippen molar-refractivity contribution in [2.75, 3.05) is 47.4 Å². The largest absolute Gasteiger partial charge is 0.394 e. The van der Waals surface area contributed by atoms with Gasteiger partial charge in [-0.3, -0.25) is 24.5 Å². The van der Waals surface area contributed by atoms with Gasteiger partial charge in [0.1, 0.15) is 18.2 Å². The summed E-state index contributed by atoms with van der Waals surface area (Å²) in [6, 6.07) is -0.825. The van der Waals surface area contributed by atoms with Crippen LogP contribution in [0, 0.1) is 52.8 Å². The van der Waals surface area contributed by atoms with Crippen LogP contribution in [0.2, 0.25) is 0 Å². The summed E-state index contributed by atoms with van der Waals surface area (Å²) in [7, 11) is 6.01. The highest BCUT2D eigenvalue weighted by Gasteiger charge is 2.58. The van der Waals surface area contributed by atoms with Crippen LogP contribution in [0.1, 0.15) is 111 Å². The van der Waals surface area contributed by atoms with Crippen molar-refractivity contribution >= 4 is 17.7 Å². The molecule has 13 heteroatoms. The van der Waals surface area contributed by atoms with Crippen molar-refractivity contribution in [2.24, 2.45) is 52.8 Å².